The van der Waals surface area contributed by atoms with Gasteiger partial charge < -0.3 is 10.2 Å². The average molecular weight is 289 g/mol. The zero-order chi connectivity index (χ0) is 15.2. The Morgan fingerprint density at radius 3 is 2.71 bits per heavy atom. The lowest BCUT2D eigenvalue weighted by atomic mass is 9.97. The Kier molecular flexibility index (Phi) is 5.76. The van der Waals surface area contributed by atoms with E-state index in [1.807, 2.05) is 20.2 Å². The molecule has 0 saturated carbocycles. The summed E-state index contributed by atoms with van der Waals surface area (Å²) in [5, 5.41) is 3.36. The number of carbonyl (C=O) groups excluding carboxylic acids is 1. The number of hydrogen-bond acceptors (Lipinski definition) is 3. The van der Waals surface area contributed by atoms with E-state index in [0.29, 0.717) is 6.04 Å². The standard InChI is InChI=1S/C17H27N3O/c1-4-8-15(14-9-6-5-7-10-14)20-12-11-18-13-16(20)17(21)19(2)3/h5-7,9-10,15-16,18H,4,8,11-13H2,1-3H3. The second kappa shape index (κ2) is 7.57. The molecule has 1 N–H and O–H groups in total. The van der Waals surface area contributed by atoms with Crippen LogP contribution in [0.4, 0.5) is 0 Å². The second-order valence-corrected chi connectivity index (χ2v) is 5.91. The lowest BCUT2D eigenvalue weighted by Gasteiger charge is -2.41. The molecule has 2 rings (SSSR count). The van der Waals surface area contributed by atoms with Crippen LogP contribution in [0.15, 0.2) is 30.3 Å². The maximum Gasteiger partial charge on any atom is 0.240 e. The van der Waals surface area contributed by atoms with Crippen LogP contribution in [0.5, 0.6) is 0 Å². The van der Waals surface area contributed by atoms with E-state index in [0.717, 1.165) is 32.5 Å². The van der Waals surface area contributed by atoms with Crippen molar-refractivity contribution in [3.8, 4) is 0 Å². The van der Waals surface area contributed by atoms with Gasteiger partial charge in [0.25, 0.3) is 0 Å². The minimum absolute atomic E-state index is 0.0643. The predicted molar refractivity (Wildman–Crippen MR) is 86.1 cm³/mol. The van der Waals surface area contributed by atoms with Crippen molar-refractivity contribution in [2.45, 2.75) is 31.8 Å². The monoisotopic (exact) mass is 289 g/mol. The first-order valence-corrected chi connectivity index (χ1v) is 7.87. The van der Waals surface area contributed by atoms with Crippen molar-refractivity contribution < 1.29 is 4.79 Å². The molecule has 1 heterocycles. The number of nitrogens with one attached hydrogen (secondary N) is 1. The first-order valence-electron chi connectivity index (χ1n) is 7.87. The molecule has 4 heteroatoms. The van der Waals surface area contributed by atoms with E-state index in [9.17, 15) is 4.79 Å². The third-order valence-electron chi connectivity index (χ3n) is 4.16. The summed E-state index contributed by atoms with van der Waals surface area (Å²) >= 11 is 0. The predicted octanol–water partition coefficient (Wildman–Crippen LogP) is 1.89. The number of piperazine rings is 1. The molecule has 2 atom stereocenters. The molecule has 1 fully saturated rings. The van der Waals surface area contributed by atoms with Gasteiger partial charge in [0.15, 0.2) is 0 Å². The van der Waals surface area contributed by atoms with E-state index in [1.165, 1.54) is 5.56 Å². The van der Waals surface area contributed by atoms with Gasteiger partial charge in [-0.05, 0) is 12.0 Å². The number of carbonyl (C=O) groups is 1. The molecule has 1 aromatic rings. The molecular weight excluding hydrogens is 262 g/mol. The van der Waals surface area contributed by atoms with Crippen LogP contribution in [-0.2, 0) is 4.79 Å². The van der Waals surface area contributed by atoms with E-state index < -0.39 is 0 Å². The molecule has 1 aliphatic heterocycles. The van der Waals surface area contributed by atoms with E-state index >= 15 is 0 Å². The van der Waals surface area contributed by atoms with Gasteiger partial charge in [-0.2, -0.15) is 0 Å². The Morgan fingerprint density at radius 2 is 2.10 bits per heavy atom. The van der Waals surface area contributed by atoms with Crippen LogP contribution < -0.4 is 5.32 Å². The number of hydrogen-bond donors (Lipinski definition) is 1. The van der Waals surface area contributed by atoms with Gasteiger partial charge in [-0.3, -0.25) is 9.69 Å². The highest BCUT2D eigenvalue weighted by Gasteiger charge is 2.34. The molecule has 2 unspecified atom stereocenters. The number of benzene rings is 1. The average Bonchev–Trinajstić information content (AvgIpc) is 2.52. The van der Waals surface area contributed by atoms with Crippen molar-refractivity contribution in [2.75, 3.05) is 33.7 Å². The Hall–Kier alpha value is -1.39. The maximum absolute atomic E-state index is 12.5. The van der Waals surface area contributed by atoms with Crippen LogP contribution in [0.25, 0.3) is 0 Å². The number of likely N-dealkylation sites (N-methyl/N-ethyl adjacent to an activating group) is 1. The van der Waals surface area contributed by atoms with E-state index in [-0.39, 0.29) is 11.9 Å². The van der Waals surface area contributed by atoms with Crippen molar-refractivity contribution in [3.05, 3.63) is 35.9 Å². The topological polar surface area (TPSA) is 35.6 Å². The molecule has 0 aliphatic carbocycles. The summed E-state index contributed by atoms with van der Waals surface area (Å²) in [6, 6.07) is 10.8. The highest BCUT2D eigenvalue weighted by atomic mass is 16.2. The first-order chi connectivity index (χ1) is 10.1. The minimum atomic E-state index is -0.0643. The molecule has 21 heavy (non-hydrogen) atoms. The summed E-state index contributed by atoms with van der Waals surface area (Å²) < 4.78 is 0. The number of amides is 1. The molecule has 4 nitrogen and oxygen atoms in total. The van der Waals surface area contributed by atoms with E-state index in [1.54, 1.807) is 4.90 Å². The lowest BCUT2D eigenvalue weighted by molar-refractivity contribution is -0.136. The van der Waals surface area contributed by atoms with Crippen molar-refractivity contribution in [1.82, 2.24) is 15.1 Å². The van der Waals surface area contributed by atoms with Gasteiger partial charge in [0.1, 0.15) is 6.04 Å². The summed E-state index contributed by atoms with van der Waals surface area (Å²) in [4.78, 5) is 16.6. The molecule has 0 aromatic heterocycles. The molecule has 116 valence electrons. The quantitative estimate of drug-likeness (QED) is 0.899. The van der Waals surface area contributed by atoms with Crippen LogP contribution >= 0.6 is 0 Å². The smallest absolute Gasteiger partial charge is 0.240 e. The summed E-state index contributed by atoms with van der Waals surface area (Å²) in [5.74, 6) is 0.194. The summed E-state index contributed by atoms with van der Waals surface area (Å²) in [5.41, 5.74) is 1.32. The molecular formula is C17H27N3O. The Balaban J connectivity index is 2.25. The molecule has 0 spiro atoms. The largest absolute Gasteiger partial charge is 0.347 e. The van der Waals surface area contributed by atoms with E-state index in [4.69, 9.17) is 0 Å². The second-order valence-electron chi connectivity index (χ2n) is 5.91. The van der Waals surface area contributed by atoms with Gasteiger partial charge in [-0.15, -0.1) is 0 Å². The first kappa shape index (κ1) is 16.0. The highest BCUT2D eigenvalue weighted by Crippen LogP contribution is 2.28. The fourth-order valence-corrected chi connectivity index (χ4v) is 3.09. The zero-order valence-corrected chi connectivity index (χ0v) is 13.4. The van der Waals surface area contributed by atoms with Gasteiger partial charge in [0, 0.05) is 39.8 Å². The SMILES string of the molecule is CCCC(c1ccccc1)N1CCNCC1C(=O)N(C)C. The van der Waals surface area contributed by atoms with Crippen LogP contribution in [-0.4, -0.2) is 55.5 Å². The van der Waals surface area contributed by atoms with Gasteiger partial charge >= 0.3 is 0 Å². The van der Waals surface area contributed by atoms with Gasteiger partial charge in [-0.1, -0.05) is 43.7 Å². The normalized spacial score (nSPS) is 21.0. The van der Waals surface area contributed by atoms with E-state index in [2.05, 4.69) is 41.4 Å². The lowest BCUT2D eigenvalue weighted by Crippen LogP contribution is -2.58. The number of nitrogens with zero attached hydrogens (tertiary/aromatic N) is 2. The fraction of sp³-hybridized carbons (Fsp3) is 0.588. The summed E-state index contributed by atoms with van der Waals surface area (Å²) in [7, 11) is 3.68. The third kappa shape index (κ3) is 3.83. The molecule has 0 radical (unpaired) electrons. The van der Waals surface area contributed by atoms with Gasteiger partial charge in [0.2, 0.25) is 5.91 Å². The van der Waals surface area contributed by atoms with Crippen LogP contribution in [0, 0.1) is 0 Å². The molecule has 0 bridgehead atoms. The number of rotatable bonds is 5. The third-order valence-corrected chi connectivity index (χ3v) is 4.16. The molecule has 1 aliphatic rings. The summed E-state index contributed by atoms with van der Waals surface area (Å²) in [6.45, 7) is 4.82. The molecule has 1 aromatic carbocycles. The Morgan fingerprint density at radius 1 is 1.38 bits per heavy atom. The van der Waals surface area contributed by atoms with Crippen LogP contribution in [0.2, 0.25) is 0 Å². The Bertz CT molecular complexity index is 447. The molecule has 1 amide bonds. The maximum atomic E-state index is 12.5. The van der Waals surface area contributed by atoms with Crippen molar-refractivity contribution in [3.63, 3.8) is 0 Å². The van der Waals surface area contributed by atoms with Gasteiger partial charge in [0.05, 0.1) is 0 Å². The van der Waals surface area contributed by atoms with Crippen molar-refractivity contribution in [1.29, 1.82) is 0 Å². The summed E-state index contributed by atoms with van der Waals surface area (Å²) in [6.07, 6.45) is 2.20. The van der Waals surface area contributed by atoms with Crippen LogP contribution in [0.3, 0.4) is 0 Å². The molecule has 1 saturated heterocycles. The highest BCUT2D eigenvalue weighted by molar-refractivity contribution is 5.81. The Labute approximate surface area is 128 Å². The van der Waals surface area contributed by atoms with Crippen molar-refractivity contribution in [2.24, 2.45) is 0 Å². The van der Waals surface area contributed by atoms with Gasteiger partial charge in [-0.25, -0.2) is 0 Å². The fourth-order valence-electron chi connectivity index (χ4n) is 3.09. The minimum Gasteiger partial charge on any atom is -0.347 e. The van der Waals surface area contributed by atoms with Crippen molar-refractivity contribution >= 4 is 5.91 Å². The van der Waals surface area contributed by atoms with Crippen LogP contribution in [0.1, 0.15) is 31.4 Å². The zero-order valence-electron chi connectivity index (χ0n) is 13.4.